The van der Waals surface area contributed by atoms with E-state index in [9.17, 15) is 28.5 Å². The molecule has 1 fully saturated rings. The van der Waals surface area contributed by atoms with Gasteiger partial charge in [0.2, 0.25) is 0 Å². The number of anilines is 1. The Kier molecular flexibility index (Phi) is 6.99. The molecule has 0 spiro atoms. The smallest absolute Gasteiger partial charge is 0.390 e. The van der Waals surface area contributed by atoms with Crippen molar-refractivity contribution >= 4 is 29.3 Å². The van der Waals surface area contributed by atoms with E-state index >= 15 is 0 Å². The summed E-state index contributed by atoms with van der Waals surface area (Å²) in [6.07, 6.45) is -2.42. The second-order valence-electron chi connectivity index (χ2n) is 5.36. The maximum atomic E-state index is 11.8. The van der Waals surface area contributed by atoms with Crippen LogP contribution in [0.5, 0.6) is 0 Å². The SMILES string of the molecule is Nc1ccn([C@@H]2C[C@H](O)[C@H](COP(=O)(O)OP(=O)(O)OP(=O)(O)O)O2)c(=O)n1. The molecule has 1 aromatic rings. The molecule has 28 heavy (non-hydrogen) atoms. The maximum absolute atomic E-state index is 11.8. The molecule has 2 heterocycles. The van der Waals surface area contributed by atoms with E-state index in [2.05, 4.69) is 18.1 Å². The summed E-state index contributed by atoms with van der Waals surface area (Å²) in [6.45, 7) is -0.849. The average molecular weight is 467 g/mol. The van der Waals surface area contributed by atoms with Gasteiger partial charge in [0.05, 0.1) is 12.7 Å². The lowest BCUT2D eigenvalue weighted by Crippen LogP contribution is -2.28. The molecule has 0 bridgehead atoms. The number of hydrogen-bond acceptors (Lipinski definition) is 11. The number of nitrogens with zero attached hydrogens (tertiary/aromatic N) is 2. The van der Waals surface area contributed by atoms with Gasteiger partial charge < -0.3 is 35.2 Å². The highest BCUT2D eigenvalue weighted by molar-refractivity contribution is 7.66. The van der Waals surface area contributed by atoms with Gasteiger partial charge in [0.1, 0.15) is 18.1 Å². The molecule has 19 heteroatoms. The Morgan fingerprint density at radius 1 is 1.21 bits per heavy atom. The summed E-state index contributed by atoms with van der Waals surface area (Å²) < 4.78 is 51.2. The van der Waals surface area contributed by atoms with Crippen LogP contribution in [0.15, 0.2) is 17.1 Å². The Morgan fingerprint density at radius 2 is 1.86 bits per heavy atom. The minimum atomic E-state index is -5.65. The van der Waals surface area contributed by atoms with Crippen molar-refractivity contribution in [2.45, 2.75) is 24.9 Å². The van der Waals surface area contributed by atoms with E-state index in [1.807, 2.05) is 0 Å². The van der Waals surface area contributed by atoms with E-state index in [0.29, 0.717) is 0 Å². The van der Waals surface area contributed by atoms with Crippen LogP contribution in [-0.4, -0.2) is 53.0 Å². The van der Waals surface area contributed by atoms with Gasteiger partial charge in [0.15, 0.2) is 0 Å². The number of aliphatic hydroxyl groups is 1. The van der Waals surface area contributed by atoms with Crippen LogP contribution < -0.4 is 11.4 Å². The number of hydrogen-bond donors (Lipinski definition) is 6. The molecule has 0 saturated carbocycles. The lowest BCUT2D eigenvalue weighted by atomic mass is 10.2. The second kappa shape index (κ2) is 8.40. The number of aromatic nitrogens is 2. The number of phosphoric acid groups is 3. The van der Waals surface area contributed by atoms with E-state index in [-0.39, 0.29) is 12.2 Å². The fraction of sp³-hybridized carbons (Fsp3) is 0.556. The largest absolute Gasteiger partial charge is 0.490 e. The summed E-state index contributed by atoms with van der Waals surface area (Å²) in [7, 11) is -16.5. The monoisotopic (exact) mass is 467 g/mol. The Morgan fingerprint density at radius 3 is 2.43 bits per heavy atom. The standard InChI is InChI=1S/C9H16N3O13P3/c10-7-1-2-12(9(14)11-7)8-3-5(13)6(23-8)4-22-27(18,19)25-28(20,21)24-26(15,16)17/h1-2,5-6,8,13H,3-4H2,(H,18,19)(H,20,21)(H2,10,11,14)(H2,15,16,17)/t5-,6-,8-/m0/s1. The van der Waals surface area contributed by atoms with Gasteiger partial charge >= 0.3 is 29.2 Å². The first kappa shape index (κ1) is 23.3. The molecule has 2 unspecified atom stereocenters. The predicted molar refractivity (Wildman–Crippen MR) is 87.3 cm³/mol. The van der Waals surface area contributed by atoms with E-state index in [1.54, 1.807) is 0 Å². The van der Waals surface area contributed by atoms with Crippen molar-refractivity contribution in [3.63, 3.8) is 0 Å². The third-order valence-corrected chi connectivity index (χ3v) is 6.99. The molecular formula is C9H16N3O13P3. The van der Waals surface area contributed by atoms with E-state index in [4.69, 9.17) is 25.2 Å². The number of nitrogen functional groups attached to an aromatic ring is 1. The highest BCUT2D eigenvalue weighted by atomic mass is 31.3. The number of aliphatic hydroxyl groups excluding tert-OH is 1. The normalized spacial score (nSPS) is 27.2. The van der Waals surface area contributed by atoms with E-state index < -0.39 is 54.2 Å². The molecule has 2 rings (SSSR count). The number of ether oxygens (including phenoxy) is 1. The summed E-state index contributed by atoms with van der Waals surface area (Å²) in [4.78, 5) is 50.5. The van der Waals surface area contributed by atoms with Gasteiger partial charge in [0, 0.05) is 12.6 Å². The van der Waals surface area contributed by atoms with Crippen molar-refractivity contribution in [2.24, 2.45) is 0 Å². The second-order valence-corrected chi connectivity index (χ2v) is 9.78. The van der Waals surface area contributed by atoms with Gasteiger partial charge in [0.25, 0.3) is 0 Å². The Balaban J connectivity index is 1.98. The minimum absolute atomic E-state index is 0.0380. The Labute approximate surface area is 155 Å². The summed E-state index contributed by atoms with van der Waals surface area (Å²) in [5.41, 5.74) is 4.58. The van der Waals surface area contributed by atoms with Gasteiger partial charge in [-0.05, 0) is 6.07 Å². The third-order valence-electron chi connectivity index (χ3n) is 3.18. The molecule has 1 aliphatic heterocycles. The van der Waals surface area contributed by atoms with Crippen molar-refractivity contribution in [3.05, 3.63) is 22.7 Å². The Hall–Kier alpha value is -0.990. The van der Waals surface area contributed by atoms with Gasteiger partial charge in [-0.15, -0.1) is 0 Å². The first-order chi connectivity index (χ1) is 12.7. The number of nitrogens with two attached hydrogens (primary N) is 1. The molecule has 1 saturated heterocycles. The zero-order valence-corrected chi connectivity index (χ0v) is 16.3. The maximum Gasteiger partial charge on any atom is 0.490 e. The van der Waals surface area contributed by atoms with Crippen LogP contribution in [0, 0.1) is 0 Å². The first-order valence-corrected chi connectivity index (χ1v) is 11.7. The molecule has 0 aliphatic carbocycles. The van der Waals surface area contributed by atoms with E-state index in [1.165, 1.54) is 12.3 Å². The number of rotatable bonds is 8. The Bertz CT molecular complexity index is 914. The van der Waals surface area contributed by atoms with Gasteiger partial charge in [-0.1, -0.05) is 0 Å². The first-order valence-electron chi connectivity index (χ1n) is 7.14. The number of phosphoric ester groups is 1. The molecule has 7 N–H and O–H groups in total. The molecule has 0 radical (unpaired) electrons. The van der Waals surface area contributed by atoms with Crippen LogP contribution in [-0.2, 0) is 31.6 Å². The van der Waals surface area contributed by atoms with Crippen molar-refractivity contribution in [2.75, 3.05) is 12.3 Å². The van der Waals surface area contributed by atoms with E-state index in [0.717, 1.165) is 4.57 Å². The van der Waals surface area contributed by atoms with Crippen molar-refractivity contribution in [1.29, 1.82) is 0 Å². The zero-order valence-electron chi connectivity index (χ0n) is 13.6. The van der Waals surface area contributed by atoms with Gasteiger partial charge in [-0.25, -0.2) is 18.5 Å². The van der Waals surface area contributed by atoms with Gasteiger partial charge in [-0.2, -0.15) is 13.6 Å². The van der Waals surface area contributed by atoms with Crippen LogP contribution in [0.25, 0.3) is 0 Å². The average Bonchev–Trinajstić information content (AvgIpc) is 2.82. The fourth-order valence-electron chi connectivity index (χ4n) is 2.15. The third kappa shape index (κ3) is 6.81. The fourth-order valence-corrected chi connectivity index (χ4v) is 5.18. The lowest BCUT2D eigenvalue weighted by Gasteiger charge is -2.19. The van der Waals surface area contributed by atoms with Gasteiger partial charge in [-0.3, -0.25) is 9.09 Å². The lowest BCUT2D eigenvalue weighted by molar-refractivity contribution is -0.0449. The molecule has 160 valence electrons. The molecule has 0 amide bonds. The van der Waals surface area contributed by atoms with Crippen LogP contribution in [0.3, 0.4) is 0 Å². The van der Waals surface area contributed by atoms with Crippen molar-refractivity contribution in [1.82, 2.24) is 9.55 Å². The van der Waals surface area contributed by atoms with Crippen LogP contribution in [0.1, 0.15) is 12.6 Å². The molecule has 1 aromatic heterocycles. The highest BCUT2D eigenvalue weighted by Gasteiger charge is 2.42. The zero-order chi connectivity index (χ0) is 21.3. The summed E-state index contributed by atoms with van der Waals surface area (Å²) >= 11 is 0. The minimum Gasteiger partial charge on any atom is -0.390 e. The van der Waals surface area contributed by atoms with Crippen LogP contribution in [0.2, 0.25) is 0 Å². The molecule has 0 aromatic carbocycles. The highest BCUT2D eigenvalue weighted by Crippen LogP contribution is 2.66. The van der Waals surface area contributed by atoms with Crippen LogP contribution in [0.4, 0.5) is 5.82 Å². The molecular weight excluding hydrogens is 451 g/mol. The quantitative estimate of drug-likeness (QED) is 0.246. The molecule has 5 atom stereocenters. The molecule has 16 nitrogen and oxygen atoms in total. The van der Waals surface area contributed by atoms with Crippen LogP contribution >= 0.6 is 23.5 Å². The molecule has 1 aliphatic rings. The summed E-state index contributed by atoms with van der Waals surface area (Å²) in [6, 6.07) is 1.30. The van der Waals surface area contributed by atoms with Crippen molar-refractivity contribution < 1.29 is 56.3 Å². The topological polar surface area (TPSA) is 250 Å². The summed E-state index contributed by atoms with van der Waals surface area (Å²) in [5.74, 6) is -0.0380. The summed E-state index contributed by atoms with van der Waals surface area (Å²) in [5, 5.41) is 9.94. The van der Waals surface area contributed by atoms with Crippen molar-refractivity contribution in [3.8, 4) is 0 Å². The predicted octanol–water partition coefficient (Wildman–Crippen LogP) is -1.18.